The monoisotopic (exact) mass is 296 g/mol. The van der Waals surface area contributed by atoms with E-state index in [2.05, 4.69) is 20.1 Å². The lowest BCUT2D eigenvalue weighted by molar-refractivity contribution is -0.146. The van der Waals surface area contributed by atoms with Crippen LogP contribution in [0.2, 0.25) is 0 Å². The number of hydrogen-bond donors (Lipinski definition) is 0. The van der Waals surface area contributed by atoms with E-state index in [9.17, 15) is 4.79 Å². The minimum absolute atomic E-state index is 0.171. The fourth-order valence-electron chi connectivity index (χ4n) is 2.18. The zero-order valence-corrected chi connectivity index (χ0v) is 13.6. The van der Waals surface area contributed by atoms with Crippen molar-refractivity contribution in [3.05, 3.63) is 25.3 Å². The van der Waals surface area contributed by atoms with Crippen LogP contribution < -0.4 is 0 Å². The molecule has 3 heteroatoms. The second-order valence-corrected chi connectivity index (χ2v) is 5.35. The Balaban J connectivity index is 3.70. The van der Waals surface area contributed by atoms with Crippen molar-refractivity contribution in [3.8, 4) is 0 Å². The summed E-state index contributed by atoms with van der Waals surface area (Å²) in [4.78, 5) is 11.3. The normalized spacial score (nSPS) is 11.9. The van der Waals surface area contributed by atoms with Crippen molar-refractivity contribution < 1.29 is 14.3 Å². The van der Waals surface area contributed by atoms with Crippen LogP contribution in [0.1, 0.15) is 64.7 Å². The Morgan fingerprint density at radius 2 is 1.67 bits per heavy atom. The fourth-order valence-corrected chi connectivity index (χ4v) is 2.18. The van der Waals surface area contributed by atoms with E-state index < -0.39 is 0 Å². The van der Waals surface area contributed by atoms with Gasteiger partial charge in [0.1, 0.15) is 6.10 Å². The molecule has 21 heavy (non-hydrogen) atoms. The van der Waals surface area contributed by atoms with Gasteiger partial charge in [0.05, 0.1) is 13.2 Å². The van der Waals surface area contributed by atoms with Crippen molar-refractivity contribution in [1.82, 2.24) is 0 Å². The number of ether oxygens (including phenoxy) is 2. The summed E-state index contributed by atoms with van der Waals surface area (Å²) < 4.78 is 10.7. The predicted octanol–water partition coefficient (Wildman–Crippen LogP) is 4.82. The molecule has 0 bridgehead atoms. The molecule has 0 aromatic heterocycles. The third kappa shape index (κ3) is 13.6. The van der Waals surface area contributed by atoms with Gasteiger partial charge < -0.3 is 9.47 Å². The minimum Gasteiger partial charge on any atom is -0.457 e. The van der Waals surface area contributed by atoms with Gasteiger partial charge in [-0.2, -0.15) is 0 Å². The van der Waals surface area contributed by atoms with E-state index in [-0.39, 0.29) is 12.1 Å². The summed E-state index contributed by atoms with van der Waals surface area (Å²) in [6.45, 7) is 10.2. The molecule has 0 fully saturated rings. The van der Waals surface area contributed by atoms with E-state index in [4.69, 9.17) is 9.47 Å². The summed E-state index contributed by atoms with van der Waals surface area (Å²) in [7, 11) is 0. The highest BCUT2D eigenvalue weighted by Crippen LogP contribution is 2.12. The van der Waals surface area contributed by atoms with E-state index in [0.29, 0.717) is 13.2 Å². The molecule has 0 radical (unpaired) electrons. The largest absolute Gasteiger partial charge is 0.457 e. The van der Waals surface area contributed by atoms with Crippen molar-refractivity contribution in [2.45, 2.75) is 70.8 Å². The van der Waals surface area contributed by atoms with Crippen LogP contribution in [0.25, 0.3) is 0 Å². The first kappa shape index (κ1) is 19.9. The first-order valence-corrected chi connectivity index (χ1v) is 8.26. The Morgan fingerprint density at radius 3 is 2.24 bits per heavy atom. The number of rotatable bonds is 15. The fraction of sp³-hybridized carbons (Fsp3) is 0.722. The molecule has 0 saturated heterocycles. The first-order chi connectivity index (χ1) is 10.2. The van der Waals surface area contributed by atoms with Crippen molar-refractivity contribution in [1.29, 1.82) is 0 Å². The van der Waals surface area contributed by atoms with E-state index >= 15 is 0 Å². The van der Waals surface area contributed by atoms with Crippen LogP contribution in [0.4, 0.5) is 0 Å². The van der Waals surface area contributed by atoms with Crippen LogP contribution in [-0.4, -0.2) is 25.3 Å². The van der Waals surface area contributed by atoms with Crippen LogP contribution in [0.3, 0.4) is 0 Å². The second-order valence-electron chi connectivity index (χ2n) is 5.35. The lowest BCUT2D eigenvalue weighted by Gasteiger charge is -2.16. The summed E-state index contributed by atoms with van der Waals surface area (Å²) >= 11 is 0. The molecular weight excluding hydrogens is 264 g/mol. The Morgan fingerprint density at radius 1 is 1.05 bits per heavy atom. The third-order valence-electron chi connectivity index (χ3n) is 3.37. The molecule has 0 N–H and O–H groups in total. The summed E-state index contributed by atoms with van der Waals surface area (Å²) in [6, 6.07) is 0. The molecule has 0 spiro atoms. The molecule has 0 heterocycles. The maximum atomic E-state index is 11.3. The van der Waals surface area contributed by atoms with Crippen LogP contribution >= 0.6 is 0 Å². The first-order valence-electron chi connectivity index (χ1n) is 8.26. The maximum absolute atomic E-state index is 11.3. The topological polar surface area (TPSA) is 35.5 Å². The summed E-state index contributed by atoms with van der Waals surface area (Å²) in [5.74, 6) is -0.373. The molecule has 0 aromatic carbocycles. The average molecular weight is 296 g/mol. The Bertz CT molecular complexity index is 274. The van der Waals surface area contributed by atoms with Gasteiger partial charge in [-0.1, -0.05) is 64.5 Å². The SMILES string of the molecule is C=CCOCC(CCCCCCCCCC)OC(=O)C=C. The Kier molecular flexibility index (Phi) is 14.5. The highest BCUT2D eigenvalue weighted by molar-refractivity contribution is 5.81. The van der Waals surface area contributed by atoms with E-state index in [1.807, 2.05) is 0 Å². The number of hydrogen-bond acceptors (Lipinski definition) is 3. The molecule has 0 aromatic rings. The minimum atomic E-state index is -0.373. The smallest absolute Gasteiger partial charge is 0.330 e. The van der Waals surface area contributed by atoms with Crippen LogP contribution in [0, 0.1) is 0 Å². The lowest BCUT2D eigenvalue weighted by atomic mass is 10.1. The standard InChI is InChI=1S/C18H32O3/c1-4-7-8-9-10-11-12-13-14-17(16-20-15-5-2)21-18(19)6-3/h5-6,17H,2-4,7-16H2,1H3. The molecule has 0 rings (SSSR count). The van der Waals surface area contributed by atoms with Crippen molar-refractivity contribution in [3.63, 3.8) is 0 Å². The van der Waals surface area contributed by atoms with E-state index in [1.165, 1.54) is 51.0 Å². The molecule has 0 aliphatic rings. The average Bonchev–Trinajstić information content (AvgIpc) is 2.49. The number of unbranched alkanes of at least 4 members (excludes halogenated alkanes) is 7. The predicted molar refractivity (Wildman–Crippen MR) is 88.3 cm³/mol. The van der Waals surface area contributed by atoms with E-state index in [1.54, 1.807) is 6.08 Å². The van der Waals surface area contributed by atoms with Gasteiger partial charge in [-0.15, -0.1) is 6.58 Å². The molecule has 1 atom stereocenters. The molecule has 122 valence electrons. The van der Waals surface area contributed by atoms with Gasteiger partial charge in [0.25, 0.3) is 0 Å². The molecular formula is C18H32O3. The molecule has 0 amide bonds. The number of esters is 1. The number of carbonyl (C=O) groups is 1. The Hall–Kier alpha value is -1.09. The molecule has 1 unspecified atom stereocenters. The van der Waals surface area contributed by atoms with Gasteiger partial charge in [0, 0.05) is 6.08 Å². The summed E-state index contributed by atoms with van der Waals surface area (Å²) in [5, 5.41) is 0. The van der Waals surface area contributed by atoms with Gasteiger partial charge in [-0.05, 0) is 12.8 Å². The van der Waals surface area contributed by atoms with Gasteiger partial charge in [-0.3, -0.25) is 0 Å². The molecule has 0 aliphatic heterocycles. The third-order valence-corrected chi connectivity index (χ3v) is 3.37. The van der Waals surface area contributed by atoms with Crippen molar-refractivity contribution in [2.24, 2.45) is 0 Å². The molecule has 3 nitrogen and oxygen atoms in total. The van der Waals surface area contributed by atoms with Crippen LogP contribution in [0.15, 0.2) is 25.3 Å². The number of carbonyl (C=O) groups excluding carboxylic acids is 1. The maximum Gasteiger partial charge on any atom is 0.330 e. The van der Waals surface area contributed by atoms with Crippen molar-refractivity contribution >= 4 is 5.97 Å². The lowest BCUT2D eigenvalue weighted by Crippen LogP contribution is -2.22. The summed E-state index contributed by atoms with van der Waals surface area (Å²) in [6.07, 6.45) is 13.7. The highest BCUT2D eigenvalue weighted by atomic mass is 16.6. The highest BCUT2D eigenvalue weighted by Gasteiger charge is 2.12. The van der Waals surface area contributed by atoms with Gasteiger partial charge in [0.2, 0.25) is 0 Å². The van der Waals surface area contributed by atoms with Gasteiger partial charge >= 0.3 is 5.97 Å². The molecule has 0 aliphatic carbocycles. The van der Waals surface area contributed by atoms with Gasteiger partial charge in [0.15, 0.2) is 0 Å². The van der Waals surface area contributed by atoms with Gasteiger partial charge in [-0.25, -0.2) is 4.79 Å². The summed E-state index contributed by atoms with van der Waals surface area (Å²) in [5.41, 5.74) is 0. The quantitative estimate of drug-likeness (QED) is 0.188. The van der Waals surface area contributed by atoms with E-state index in [0.717, 1.165) is 12.8 Å². The zero-order chi connectivity index (χ0) is 15.8. The second kappa shape index (κ2) is 15.3. The molecule has 0 saturated carbocycles. The van der Waals surface area contributed by atoms with Crippen LogP contribution in [0.5, 0.6) is 0 Å². The zero-order valence-electron chi connectivity index (χ0n) is 13.6. The van der Waals surface area contributed by atoms with Crippen molar-refractivity contribution in [2.75, 3.05) is 13.2 Å². The Labute approximate surface area is 130 Å². The van der Waals surface area contributed by atoms with Crippen LogP contribution in [-0.2, 0) is 14.3 Å².